The van der Waals surface area contributed by atoms with Crippen molar-refractivity contribution in [1.29, 1.82) is 0 Å². The van der Waals surface area contributed by atoms with Gasteiger partial charge in [-0.05, 0) is 31.9 Å². The first-order chi connectivity index (χ1) is 9.08. The van der Waals surface area contributed by atoms with E-state index in [-0.39, 0.29) is 35.1 Å². The molecule has 1 saturated heterocycles. The molecule has 0 bridgehead atoms. The van der Waals surface area contributed by atoms with Gasteiger partial charge < -0.3 is 10.1 Å². The molecule has 19 heavy (non-hydrogen) atoms. The molecule has 0 aliphatic carbocycles. The first-order valence-corrected chi connectivity index (χ1v) is 6.79. The van der Waals surface area contributed by atoms with Crippen LogP contribution in [0.4, 0.5) is 4.39 Å². The maximum atomic E-state index is 13.6. The van der Waals surface area contributed by atoms with Gasteiger partial charge in [-0.25, -0.2) is 4.39 Å². The number of hydrogen-bond donors (Lipinski definition) is 1. The molecule has 0 saturated carbocycles. The molecule has 1 N–H and O–H groups in total. The third-order valence-electron chi connectivity index (χ3n) is 3.31. The lowest BCUT2D eigenvalue weighted by Crippen LogP contribution is -2.41. The zero-order valence-corrected chi connectivity index (χ0v) is 11.5. The molecule has 0 unspecified atom stereocenters. The van der Waals surface area contributed by atoms with E-state index in [2.05, 4.69) is 5.32 Å². The Kier molecular flexibility index (Phi) is 4.77. The van der Waals surface area contributed by atoms with Gasteiger partial charge in [-0.3, -0.25) is 4.79 Å². The molecule has 1 aromatic carbocycles. The van der Waals surface area contributed by atoms with E-state index in [0.29, 0.717) is 0 Å². The normalized spacial score (nSPS) is 20.3. The molecule has 3 nitrogen and oxygen atoms in total. The van der Waals surface area contributed by atoms with Crippen LogP contribution in [0.2, 0.25) is 5.02 Å². The van der Waals surface area contributed by atoms with Gasteiger partial charge in [0, 0.05) is 17.2 Å². The molecule has 1 fully saturated rings. The Morgan fingerprint density at radius 3 is 3.05 bits per heavy atom. The average molecular weight is 286 g/mol. The van der Waals surface area contributed by atoms with Gasteiger partial charge in [0.1, 0.15) is 5.82 Å². The number of halogens is 2. The van der Waals surface area contributed by atoms with Crippen LogP contribution >= 0.6 is 11.6 Å². The molecule has 104 valence electrons. The average Bonchev–Trinajstić information content (AvgIpc) is 2.88. The lowest BCUT2D eigenvalue weighted by molar-refractivity contribution is -0.121. The molecular weight excluding hydrogens is 269 g/mol. The maximum absolute atomic E-state index is 13.6. The summed E-state index contributed by atoms with van der Waals surface area (Å²) in [5.74, 6) is -0.692. The maximum Gasteiger partial charge on any atom is 0.224 e. The second kappa shape index (κ2) is 6.35. The van der Waals surface area contributed by atoms with Crippen LogP contribution < -0.4 is 5.32 Å². The molecule has 0 radical (unpaired) electrons. The molecule has 2 rings (SSSR count). The highest BCUT2D eigenvalue weighted by atomic mass is 35.5. The molecule has 1 aromatic rings. The highest BCUT2D eigenvalue weighted by Gasteiger charge is 2.24. The summed E-state index contributed by atoms with van der Waals surface area (Å²) in [6, 6.07) is 4.34. The summed E-state index contributed by atoms with van der Waals surface area (Å²) < 4.78 is 19.1. The summed E-state index contributed by atoms with van der Waals surface area (Å²) in [7, 11) is 0. The van der Waals surface area contributed by atoms with Gasteiger partial charge in [0.25, 0.3) is 0 Å². The van der Waals surface area contributed by atoms with E-state index in [0.717, 1.165) is 19.4 Å². The number of rotatable bonds is 4. The van der Waals surface area contributed by atoms with Crippen molar-refractivity contribution in [2.24, 2.45) is 0 Å². The molecule has 2 atom stereocenters. The third-order valence-corrected chi connectivity index (χ3v) is 3.66. The monoisotopic (exact) mass is 285 g/mol. The van der Waals surface area contributed by atoms with Crippen LogP contribution in [0.15, 0.2) is 18.2 Å². The van der Waals surface area contributed by atoms with Crippen molar-refractivity contribution in [3.63, 3.8) is 0 Å². The Balaban J connectivity index is 1.93. The van der Waals surface area contributed by atoms with Crippen LogP contribution in [0.5, 0.6) is 0 Å². The summed E-state index contributed by atoms with van der Waals surface area (Å²) in [5, 5.41) is 3.11. The van der Waals surface area contributed by atoms with Crippen LogP contribution in [0.25, 0.3) is 0 Å². The number of nitrogens with one attached hydrogen (secondary N) is 1. The first-order valence-electron chi connectivity index (χ1n) is 6.42. The number of carbonyl (C=O) groups is 1. The zero-order valence-electron chi connectivity index (χ0n) is 10.8. The lowest BCUT2D eigenvalue weighted by atomic mass is 10.1. The van der Waals surface area contributed by atoms with Crippen molar-refractivity contribution in [3.8, 4) is 0 Å². The van der Waals surface area contributed by atoms with E-state index in [1.807, 2.05) is 6.92 Å². The molecule has 0 spiro atoms. The van der Waals surface area contributed by atoms with Crippen molar-refractivity contribution in [2.45, 2.75) is 38.3 Å². The highest BCUT2D eigenvalue weighted by molar-refractivity contribution is 6.31. The Bertz CT molecular complexity index is 441. The van der Waals surface area contributed by atoms with Gasteiger partial charge >= 0.3 is 0 Å². The van der Waals surface area contributed by atoms with E-state index in [1.165, 1.54) is 12.1 Å². The Morgan fingerprint density at radius 2 is 2.42 bits per heavy atom. The van der Waals surface area contributed by atoms with E-state index < -0.39 is 5.82 Å². The number of carbonyl (C=O) groups excluding carboxylic acids is 1. The Labute approximate surface area is 117 Å². The molecule has 1 amide bonds. The van der Waals surface area contributed by atoms with E-state index in [4.69, 9.17) is 16.3 Å². The third kappa shape index (κ3) is 3.67. The van der Waals surface area contributed by atoms with E-state index in [9.17, 15) is 9.18 Å². The van der Waals surface area contributed by atoms with Crippen molar-refractivity contribution in [1.82, 2.24) is 5.32 Å². The fourth-order valence-electron chi connectivity index (χ4n) is 2.26. The van der Waals surface area contributed by atoms with Crippen LogP contribution in [0.3, 0.4) is 0 Å². The lowest BCUT2D eigenvalue weighted by Gasteiger charge is -2.20. The summed E-state index contributed by atoms with van der Waals surface area (Å²) in [5.41, 5.74) is 0.237. The number of benzene rings is 1. The van der Waals surface area contributed by atoms with Crippen LogP contribution in [-0.2, 0) is 16.0 Å². The van der Waals surface area contributed by atoms with Gasteiger partial charge in [0.2, 0.25) is 5.91 Å². The van der Waals surface area contributed by atoms with Crippen LogP contribution in [0.1, 0.15) is 25.3 Å². The largest absolute Gasteiger partial charge is 0.376 e. The van der Waals surface area contributed by atoms with Crippen molar-refractivity contribution >= 4 is 17.5 Å². The second-order valence-corrected chi connectivity index (χ2v) is 5.19. The summed E-state index contributed by atoms with van der Waals surface area (Å²) in [6.45, 7) is 2.64. The predicted molar refractivity (Wildman–Crippen MR) is 71.7 cm³/mol. The van der Waals surface area contributed by atoms with Crippen LogP contribution in [-0.4, -0.2) is 24.7 Å². The molecular formula is C14H17ClFNO2. The van der Waals surface area contributed by atoms with Crippen molar-refractivity contribution in [2.75, 3.05) is 6.61 Å². The number of ether oxygens (including phenoxy) is 1. The predicted octanol–water partition coefficient (Wildman–Crippen LogP) is 2.71. The van der Waals surface area contributed by atoms with Gasteiger partial charge in [-0.1, -0.05) is 17.7 Å². The van der Waals surface area contributed by atoms with Gasteiger partial charge in [0.15, 0.2) is 0 Å². The second-order valence-electron chi connectivity index (χ2n) is 4.78. The standard InChI is InChI=1S/C14H17ClFNO2/c1-9(13-6-3-7-19-13)17-14(18)8-10-11(15)4-2-5-12(10)16/h2,4-5,9,13H,3,6-8H2,1H3,(H,17,18)/t9-,13+/m1/s1. The van der Waals surface area contributed by atoms with Crippen molar-refractivity contribution < 1.29 is 13.9 Å². The topological polar surface area (TPSA) is 38.3 Å². The fourth-order valence-corrected chi connectivity index (χ4v) is 2.49. The van der Waals surface area contributed by atoms with Gasteiger partial charge in [-0.15, -0.1) is 0 Å². The van der Waals surface area contributed by atoms with Gasteiger partial charge in [-0.2, -0.15) is 0 Å². The molecule has 5 heteroatoms. The Hall–Kier alpha value is -1.13. The molecule has 1 aliphatic rings. The van der Waals surface area contributed by atoms with Crippen molar-refractivity contribution in [3.05, 3.63) is 34.6 Å². The summed E-state index contributed by atoms with van der Waals surface area (Å²) in [4.78, 5) is 11.9. The fraction of sp³-hybridized carbons (Fsp3) is 0.500. The smallest absolute Gasteiger partial charge is 0.224 e. The minimum atomic E-state index is -0.451. The molecule has 0 aromatic heterocycles. The Morgan fingerprint density at radius 1 is 1.63 bits per heavy atom. The van der Waals surface area contributed by atoms with Crippen LogP contribution in [0, 0.1) is 5.82 Å². The molecule has 1 heterocycles. The first kappa shape index (κ1) is 14.3. The van der Waals surface area contributed by atoms with E-state index >= 15 is 0 Å². The summed E-state index contributed by atoms with van der Waals surface area (Å²) in [6.07, 6.45) is 1.97. The van der Waals surface area contributed by atoms with Gasteiger partial charge in [0.05, 0.1) is 18.6 Å². The molecule has 1 aliphatic heterocycles. The SMILES string of the molecule is C[C@@H](NC(=O)Cc1c(F)cccc1Cl)[C@@H]1CCCO1. The number of amides is 1. The zero-order chi connectivity index (χ0) is 13.8. The van der Waals surface area contributed by atoms with E-state index in [1.54, 1.807) is 6.07 Å². The summed E-state index contributed by atoms with van der Waals surface area (Å²) >= 11 is 5.89. The highest BCUT2D eigenvalue weighted by Crippen LogP contribution is 2.20. The minimum absolute atomic E-state index is 0.0530. The minimum Gasteiger partial charge on any atom is -0.376 e. The quantitative estimate of drug-likeness (QED) is 0.924. The number of hydrogen-bond acceptors (Lipinski definition) is 2.